The summed E-state index contributed by atoms with van der Waals surface area (Å²) in [6.45, 7) is 1.13. The first-order valence-corrected chi connectivity index (χ1v) is 4.61. The molecule has 1 aliphatic rings. The summed E-state index contributed by atoms with van der Waals surface area (Å²) < 4.78 is 0. The minimum Gasteiger partial charge on any atom is -0.337 e. The van der Waals surface area contributed by atoms with Crippen molar-refractivity contribution in [2.45, 2.75) is 0 Å². The number of rotatable bonds is 2. The minimum absolute atomic E-state index is 0.0173. The highest BCUT2D eigenvalue weighted by Crippen LogP contribution is 2.16. The van der Waals surface area contributed by atoms with E-state index in [2.05, 4.69) is 0 Å². The molecule has 1 aromatic carbocycles. The summed E-state index contributed by atoms with van der Waals surface area (Å²) in [7, 11) is 0. The summed E-state index contributed by atoms with van der Waals surface area (Å²) >= 11 is 0. The molecule has 1 aliphatic heterocycles. The fraction of sp³-hybridized carbons (Fsp3) is 0.273. The number of benzene rings is 1. The Bertz CT molecular complexity index is 342. The second kappa shape index (κ2) is 3.62. The van der Waals surface area contributed by atoms with Crippen molar-refractivity contribution < 1.29 is 9.59 Å². The molecule has 1 heterocycles. The second-order valence-corrected chi connectivity index (χ2v) is 3.47. The molecule has 0 N–H and O–H groups in total. The van der Waals surface area contributed by atoms with E-state index in [0.717, 1.165) is 6.29 Å². The molecule has 1 fully saturated rings. The SMILES string of the molecule is O=CC1CN(C(=O)c2ccccc2)C1. The molecule has 3 heteroatoms. The molecule has 0 aliphatic carbocycles. The number of likely N-dealkylation sites (tertiary alicyclic amines) is 1. The Morgan fingerprint density at radius 3 is 2.50 bits per heavy atom. The van der Waals surface area contributed by atoms with E-state index in [4.69, 9.17) is 0 Å². The summed E-state index contributed by atoms with van der Waals surface area (Å²) in [4.78, 5) is 23.7. The topological polar surface area (TPSA) is 37.4 Å². The first-order chi connectivity index (χ1) is 6.81. The molecular formula is C11H11NO2. The van der Waals surface area contributed by atoms with Gasteiger partial charge in [0.05, 0.1) is 0 Å². The van der Waals surface area contributed by atoms with Crippen LogP contribution in [0.25, 0.3) is 0 Å². The Labute approximate surface area is 82.3 Å². The largest absolute Gasteiger partial charge is 0.337 e. The average molecular weight is 189 g/mol. The summed E-state index contributed by atoms with van der Waals surface area (Å²) in [5.41, 5.74) is 0.692. The van der Waals surface area contributed by atoms with E-state index in [1.165, 1.54) is 0 Å². The van der Waals surface area contributed by atoms with E-state index in [0.29, 0.717) is 18.7 Å². The third-order valence-electron chi connectivity index (χ3n) is 2.41. The van der Waals surface area contributed by atoms with Gasteiger partial charge in [-0.05, 0) is 12.1 Å². The van der Waals surface area contributed by atoms with E-state index >= 15 is 0 Å². The van der Waals surface area contributed by atoms with Crippen molar-refractivity contribution >= 4 is 12.2 Å². The van der Waals surface area contributed by atoms with Crippen molar-refractivity contribution in [2.24, 2.45) is 5.92 Å². The fourth-order valence-corrected chi connectivity index (χ4v) is 1.53. The molecule has 1 amide bonds. The molecule has 0 saturated carbocycles. The van der Waals surface area contributed by atoms with Crippen LogP contribution in [0.2, 0.25) is 0 Å². The van der Waals surface area contributed by atoms with Gasteiger partial charge in [0.2, 0.25) is 0 Å². The average Bonchev–Trinajstić information content (AvgIpc) is 2.17. The molecule has 0 radical (unpaired) electrons. The van der Waals surface area contributed by atoms with Gasteiger partial charge in [-0.1, -0.05) is 18.2 Å². The van der Waals surface area contributed by atoms with Crippen molar-refractivity contribution in [1.29, 1.82) is 0 Å². The van der Waals surface area contributed by atoms with Crippen LogP contribution in [-0.2, 0) is 4.79 Å². The molecule has 0 spiro atoms. The number of hydrogen-bond acceptors (Lipinski definition) is 2. The van der Waals surface area contributed by atoms with E-state index < -0.39 is 0 Å². The van der Waals surface area contributed by atoms with Crippen LogP contribution in [-0.4, -0.2) is 30.2 Å². The number of amides is 1. The molecule has 1 aromatic rings. The predicted molar refractivity (Wildman–Crippen MR) is 51.9 cm³/mol. The van der Waals surface area contributed by atoms with E-state index in [1.54, 1.807) is 17.0 Å². The van der Waals surface area contributed by atoms with E-state index in [-0.39, 0.29) is 11.8 Å². The minimum atomic E-state index is 0.0173. The summed E-state index contributed by atoms with van der Waals surface area (Å²) in [5, 5.41) is 0. The first kappa shape index (κ1) is 8.94. The lowest BCUT2D eigenvalue weighted by Crippen LogP contribution is -2.50. The van der Waals surface area contributed by atoms with Gasteiger partial charge in [0, 0.05) is 24.6 Å². The Kier molecular flexibility index (Phi) is 2.31. The predicted octanol–water partition coefficient (Wildman–Crippen LogP) is 0.958. The quantitative estimate of drug-likeness (QED) is 0.650. The summed E-state index contributed by atoms with van der Waals surface area (Å²) in [5.74, 6) is 0.0614. The van der Waals surface area contributed by atoms with Crippen molar-refractivity contribution in [3.8, 4) is 0 Å². The van der Waals surface area contributed by atoms with E-state index in [9.17, 15) is 9.59 Å². The fourth-order valence-electron chi connectivity index (χ4n) is 1.53. The van der Waals surface area contributed by atoms with Gasteiger partial charge < -0.3 is 9.69 Å². The number of hydrogen-bond donors (Lipinski definition) is 0. The Balaban J connectivity index is 2.01. The molecule has 0 aromatic heterocycles. The molecule has 3 nitrogen and oxygen atoms in total. The Morgan fingerprint density at radius 1 is 1.29 bits per heavy atom. The molecule has 0 atom stereocenters. The van der Waals surface area contributed by atoms with Crippen molar-refractivity contribution in [2.75, 3.05) is 13.1 Å². The molecule has 14 heavy (non-hydrogen) atoms. The highest BCUT2D eigenvalue weighted by atomic mass is 16.2. The second-order valence-electron chi connectivity index (χ2n) is 3.47. The number of aldehydes is 1. The van der Waals surface area contributed by atoms with Crippen LogP contribution in [0.1, 0.15) is 10.4 Å². The zero-order valence-electron chi connectivity index (χ0n) is 7.72. The number of carbonyl (C=O) groups excluding carboxylic acids is 2. The van der Waals surface area contributed by atoms with Gasteiger partial charge in [-0.2, -0.15) is 0 Å². The standard InChI is InChI=1S/C11H11NO2/c13-8-9-6-12(7-9)11(14)10-4-2-1-3-5-10/h1-5,8-9H,6-7H2. The van der Waals surface area contributed by atoms with Gasteiger partial charge >= 0.3 is 0 Å². The maximum absolute atomic E-state index is 11.7. The maximum atomic E-state index is 11.7. The Morgan fingerprint density at radius 2 is 1.93 bits per heavy atom. The van der Waals surface area contributed by atoms with Gasteiger partial charge in [0.1, 0.15) is 6.29 Å². The van der Waals surface area contributed by atoms with Gasteiger partial charge in [-0.25, -0.2) is 0 Å². The first-order valence-electron chi connectivity index (χ1n) is 4.61. The summed E-state index contributed by atoms with van der Waals surface area (Å²) in [6, 6.07) is 9.13. The Hall–Kier alpha value is -1.64. The molecule has 72 valence electrons. The zero-order valence-corrected chi connectivity index (χ0v) is 7.72. The van der Waals surface area contributed by atoms with Gasteiger partial charge in [-0.3, -0.25) is 4.79 Å². The zero-order chi connectivity index (χ0) is 9.97. The van der Waals surface area contributed by atoms with E-state index in [1.807, 2.05) is 18.2 Å². The number of nitrogens with zero attached hydrogens (tertiary/aromatic N) is 1. The van der Waals surface area contributed by atoms with Crippen LogP contribution >= 0.6 is 0 Å². The van der Waals surface area contributed by atoms with Gasteiger partial charge in [0.25, 0.3) is 5.91 Å². The third-order valence-corrected chi connectivity index (χ3v) is 2.41. The smallest absolute Gasteiger partial charge is 0.253 e. The highest BCUT2D eigenvalue weighted by Gasteiger charge is 2.30. The summed E-state index contributed by atoms with van der Waals surface area (Å²) in [6.07, 6.45) is 0.911. The van der Waals surface area contributed by atoms with Crippen molar-refractivity contribution in [1.82, 2.24) is 4.90 Å². The molecule has 0 bridgehead atoms. The van der Waals surface area contributed by atoms with Crippen LogP contribution in [0.4, 0.5) is 0 Å². The van der Waals surface area contributed by atoms with Crippen LogP contribution in [0.15, 0.2) is 30.3 Å². The lowest BCUT2D eigenvalue weighted by atomic mass is 10.0. The normalized spacial score (nSPS) is 16.1. The van der Waals surface area contributed by atoms with Crippen LogP contribution in [0.3, 0.4) is 0 Å². The van der Waals surface area contributed by atoms with Crippen molar-refractivity contribution in [3.05, 3.63) is 35.9 Å². The molecule has 0 unspecified atom stereocenters. The van der Waals surface area contributed by atoms with Crippen LogP contribution in [0.5, 0.6) is 0 Å². The van der Waals surface area contributed by atoms with Crippen LogP contribution < -0.4 is 0 Å². The highest BCUT2D eigenvalue weighted by molar-refractivity contribution is 5.95. The van der Waals surface area contributed by atoms with Crippen molar-refractivity contribution in [3.63, 3.8) is 0 Å². The lowest BCUT2D eigenvalue weighted by Gasteiger charge is -2.36. The van der Waals surface area contributed by atoms with Crippen LogP contribution in [0, 0.1) is 5.92 Å². The monoisotopic (exact) mass is 189 g/mol. The lowest BCUT2D eigenvalue weighted by molar-refractivity contribution is -0.114. The molecule has 1 saturated heterocycles. The molecule has 2 rings (SSSR count). The third kappa shape index (κ3) is 1.53. The van der Waals surface area contributed by atoms with Gasteiger partial charge in [0.15, 0.2) is 0 Å². The maximum Gasteiger partial charge on any atom is 0.253 e. The van der Waals surface area contributed by atoms with Gasteiger partial charge in [-0.15, -0.1) is 0 Å². The number of carbonyl (C=O) groups is 2. The molecular weight excluding hydrogens is 178 g/mol.